The molecule has 0 radical (unpaired) electrons. The van der Waals surface area contributed by atoms with E-state index in [0.29, 0.717) is 39.0 Å². The molecule has 7 nitrogen and oxygen atoms in total. The van der Waals surface area contributed by atoms with E-state index in [0.717, 1.165) is 5.39 Å². The van der Waals surface area contributed by atoms with Crippen LogP contribution >= 0.6 is 0 Å². The molecule has 0 saturated heterocycles. The van der Waals surface area contributed by atoms with Crippen LogP contribution in [0.25, 0.3) is 10.9 Å². The Morgan fingerprint density at radius 1 is 1.19 bits per heavy atom. The number of rotatable bonds is 8. The Kier molecular flexibility index (Phi) is 7.79. The maximum Gasteiger partial charge on any atom is 0.404 e. The molecule has 0 saturated carbocycles. The van der Waals surface area contributed by atoms with E-state index in [1.165, 1.54) is 0 Å². The van der Waals surface area contributed by atoms with Gasteiger partial charge in [0.15, 0.2) is 0 Å². The number of hydrogen-bond acceptors (Lipinski definition) is 3. The molecule has 31 heavy (non-hydrogen) atoms. The number of aromatic amines is 1. The van der Waals surface area contributed by atoms with E-state index >= 15 is 0 Å². The minimum Gasteiger partial charge on any atom is -0.490 e. The zero-order valence-corrected chi connectivity index (χ0v) is 20.1. The number of primary amides is 1. The van der Waals surface area contributed by atoms with Gasteiger partial charge < -0.3 is 25.9 Å². The molecule has 0 aliphatic heterocycles. The van der Waals surface area contributed by atoms with Crippen molar-refractivity contribution < 1.29 is 19.4 Å². The number of aromatic nitrogens is 1. The highest BCUT2D eigenvalue weighted by molar-refractivity contribution is 6.90. The number of nitrogens with one attached hydrogen (secondary N) is 2. The number of carbonyl (C=O) groups excluding carboxylic acids is 1. The molecule has 1 aromatic heterocycles. The molecule has 0 bridgehead atoms. The molecule has 0 spiro atoms. The number of nitrogens with two attached hydrogens (primary N) is 1. The van der Waals surface area contributed by atoms with Gasteiger partial charge in [-0.25, -0.2) is 4.79 Å². The first kappa shape index (κ1) is 24.3. The lowest BCUT2D eigenvalue weighted by atomic mass is 10.0. The molecule has 0 unspecified atom stereocenters. The summed E-state index contributed by atoms with van der Waals surface area (Å²) in [5, 5.41) is 11.7. The highest BCUT2D eigenvalue weighted by atomic mass is 28.3. The highest BCUT2D eigenvalue weighted by Crippen LogP contribution is 2.41. The maximum atomic E-state index is 12.3. The fraction of sp³-hybridized carbons (Fsp3) is 0.478. The molecule has 2 rings (SSSR count). The molecule has 5 N–H and O–H groups in total. The Morgan fingerprint density at radius 3 is 2.32 bits per heavy atom. The average Bonchev–Trinajstić information content (AvgIpc) is 3.15. The van der Waals surface area contributed by atoms with E-state index in [4.69, 9.17) is 15.6 Å². The lowest BCUT2D eigenvalue weighted by Gasteiger charge is -2.38. The number of benzene rings is 1. The smallest absolute Gasteiger partial charge is 0.404 e. The largest absolute Gasteiger partial charge is 0.490 e. The van der Waals surface area contributed by atoms with Gasteiger partial charge in [-0.3, -0.25) is 4.79 Å². The molecule has 1 heterocycles. The molecule has 2 aromatic rings. The first-order valence-electron chi connectivity index (χ1n) is 10.6. The normalized spacial score (nSPS) is 11.6. The topological polar surface area (TPSA) is 117 Å². The third-order valence-electron chi connectivity index (χ3n) is 5.98. The quantitative estimate of drug-likeness (QED) is 0.273. The summed E-state index contributed by atoms with van der Waals surface area (Å²) in [5.74, 6) is 3.22. The van der Waals surface area contributed by atoms with Crippen molar-refractivity contribution in [3.05, 3.63) is 29.5 Å². The van der Waals surface area contributed by atoms with Crippen LogP contribution < -0.4 is 15.8 Å². The molecular weight excluding hydrogens is 410 g/mol. The van der Waals surface area contributed by atoms with E-state index in [1.807, 2.05) is 6.07 Å². The van der Waals surface area contributed by atoms with E-state index in [9.17, 15) is 9.59 Å². The first-order chi connectivity index (χ1) is 14.5. The van der Waals surface area contributed by atoms with Crippen molar-refractivity contribution in [2.45, 2.75) is 58.2 Å². The molecule has 0 aliphatic carbocycles. The first-order valence-corrected chi connectivity index (χ1v) is 12.8. The van der Waals surface area contributed by atoms with Gasteiger partial charge in [0.1, 0.15) is 20.4 Å². The fourth-order valence-corrected chi connectivity index (χ4v) is 9.78. The third-order valence-corrected chi connectivity index (χ3v) is 12.3. The number of ether oxygens (including phenoxy) is 1. The van der Waals surface area contributed by atoms with Crippen LogP contribution in [0.1, 0.15) is 57.5 Å². The lowest BCUT2D eigenvalue weighted by Crippen LogP contribution is -2.43. The van der Waals surface area contributed by atoms with Gasteiger partial charge >= 0.3 is 6.09 Å². The average molecular weight is 444 g/mol. The minimum atomic E-state index is -2.00. The second-order valence-electron chi connectivity index (χ2n) is 8.66. The number of carboxylic acid groups (broad SMARTS) is 1. The van der Waals surface area contributed by atoms with Crippen molar-refractivity contribution in [3.8, 4) is 17.2 Å². The highest BCUT2D eigenvalue weighted by Gasteiger charge is 2.41. The Bertz CT molecular complexity index is 993. The fourth-order valence-electron chi connectivity index (χ4n) is 4.57. The van der Waals surface area contributed by atoms with E-state index in [2.05, 4.69) is 63.3 Å². The summed E-state index contributed by atoms with van der Waals surface area (Å²) in [7, 11) is -2.00. The van der Waals surface area contributed by atoms with Gasteiger partial charge in [0.2, 0.25) is 5.91 Å². The van der Waals surface area contributed by atoms with E-state index < -0.39 is 20.1 Å². The molecule has 168 valence electrons. The molecular formula is C23H33N3O4Si. The number of H-pyrrole nitrogens is 1. The Hall–Kier alpha value is -2.92. The summed E-state index contributed by atoms with van der Waals surface area (Å²) in [6, 6.07) is 3.45. The molecule has 8 heteroatoms. The monoisotopic (exact) mass is 443 g/mol. The summed E-state index contributed by atoms with van der Waals surface area (Å²) in [5.41, 5.74) is 12.4. The molecule has 2 amide bonds. The predicted octanol–water partition coefficient (Wildman–Crippen LogP) is 4.48. The predicted molar refractivity (Wildman–Crippen MR) is 126 cm³/mol. The van der Waals surface area contributed by atoms with Gasteiger partial charge in [-0.2, -0.15) is 0 Å². The van der Waals surface area contributed by atoms with E-state index in [-0.39, 0.29) is 13.2 Å². The van der Waals surface area contributed by atoms with Crippen molar-refractivity contribution in [1.29, 1.82) is 0 Å². The standard InChI is InChI=1S/C23H33N3O4Si/c1-14(2)31(15(3)4,16(5)6)12-8-17-18-7-9-25-21(18)20(13-19(17)22(24)27)30-11-10-26-23(28)29/h7,9,13-16,25-26H,10-11H2,1-6H3,(H2,24,27)(H,28,29). The molecule has 1 aromatic carbocycles. The molecule has 0 fully saturated rings. The summed E-state index contributed by atoms with van der Waals surface area (Å²) in [6.45, 7) is 13.7. The SMILES string of the molecule is CC(C)[Si](C#Cc1c(C(N)=O)cc(OCCNC(=O)O)c2[nH]ccc12)(C(C)C)C(C)C. The maximum absolute atomic E-state index is 12.3. The Labute approximate surface area is 184 Å². The van der Waals surface area contributed by atoms with Crippen LogP contribution in [-0.2, 0) is 0 Å². The lowest BCUT2D eigenvalue weighted by molar-refractivity contribution is 0.0999. The molecule has 0 atom stereocenters. The second-order valence-corrected chi connectivity index (χ2v) is 14.2. The zero-order valence-electron chi connectivity index (χ0n) is 19.1. The minimum absolute atomic E-state index is 0.119. The Morgan fingerprint density at radius 2 is 1.81 bits per heavy atom. The molecule has 0 aliphatic rings. The van der Waals surface area contributed by atoms with Crippen LogP contribution in [0.3, 0.4) is 0 Å². The number of amides is 2. The van der Waals surface area contributed by atoms with Crippen LogP contribution in [0.15, 0.2) is 18.3 Å². The van der Waals surface area contributed by atoms with Gasteiger partial charge in [0.05, 0.1) is 17.6 Å². The van der Waals surface area contributed by atoms with Crippen molar-refractivity contribution >= 4 is 31.0 Å². The van der Waals surface area contributed by atoms with Crippen molar-refractivity contribution in [2.75, 3.05) is 13.2 Å². The van der Waals surface area contributed by atoms with Gasteiger partial charge in [-0.15, -0.1) is 5.54 Å². The number of hydrogen-bond donors (Lipinski definition) is 4. The van der Waals surface area contributed by atoms with Crippen LogP contribution in [0, 0.1) is 11.5 Å². The summed E-state index contributed by atoms with van der Waals surface area (Å²) < 4.78 is 5.73. The number of fused-ring (bicyclic) bond motifs is 1. The summed E-state index contributed by atoms with van der Waals surface area (Å²) in [4.78, 5) is 26.1. The Balaban J connectivity index is 2.60. The van der Waals surface area contributed by atoms with Crippen molar-refractivity contribution in [3.63, 3.8) is 0 Å². The third kappa shape index (κ3) is 5.05. The van der Waals surface area contributed by atoms with Crippen LogP contribution in [0.4, 0.5) is 4.79 Å². The van der Waals surface area contributed by atoms with Gasteiger partial charge in [-0.05, 0) is 28.8 Å². The van der Waals surface area contributed by atoms with Gasteiger partial charge in [0, 0.05) is 17.1 Å². The number of carbonyl (C=O) groups is 2. The van der Waals surface area contributed by atoms with Crippen LogP contribution in [0.5, 0.6) is 5.75 Å². The zero-order chi connectivity index (χ0) is 23.3. The van der Waals surface area contributed by atoms with Gasteiger partial charge in [0.25, 0.3) is 0 Å². The van der Waals surface area contributed by atoms with Gasteiger partial charge in [-0.1, -0.05) is 47.5 Å². The summed E-state index contributed by atoms with van der Waals surface area (Å²) in [6.07, 6.45) is 0.645. The summed E-state index contributed by atoms with van der Waals surface area (Å²) >= 11 is 0. The van der Waals surface area contributed by atoms with Crippen molar-refractivity contribution in [2.24, 2.45) is 5.73 Å². The second kappa shape index (κ2) is 9.92. The van der Waals surface area contributed by atoms with Crippen molar-refractivity contribution in [1.82, 2.24) is 10.3 Å². The van der Waals surface area contributed by atoms with E-state index in [1.54, 1.807) is 12.3 Å². The van der Waals surface area contributed by atoms with Crippen LogP contribution in [-0.4, -0.2) is 43.3 Å². The van der Waals surface area contributed by atoms with Crippen LogP contribution in [0.2, 0.25) is 16.6 Å².